The zero-order valence-corrected chi connectivity index (χ0v) is 10.2. The van der Waals surface area contributed by atoms with Crippen LogP contribution in [0.1, 0.15) is 15.9 Å². The number of benzene rings is 2. The van der Waals surface area contributed by atoms with E-state index in [2.05, 4.69) is 0 Å². The first-order valence-electron chi connectivity index (χ1n) is 5.24. The molecule has 0 atom stereocenters. The van der Waals surface area contributed by atoms with Gasteiger partial charge in [0.2, 0.25) is 0 Å². The number of carbonyl (C=O) groups is 1. The minimum absolute atomic E-state index is 0.360. The molecule has 0 saturated heterocycles. The van der Waals surface area contributed by atoms with E-state index in [0.29, 0.717) is 5.56 Å². The zero-order valence-electron chi connectivity index (χ0n) is 9.38. The van der Waals surface area contributed by atoms with Gasteiger partial charge in [-0.25, -0.2) is 4.79 Å². The number of aryl methyl sites for hydroxylation is 1. The highest BCUT2D eigenvalue weighted by atomic mass is 32.2. The van der Waals surface area contributed by atoms with Gasteiger partial charge in [-0.15, -0.1) is 0 Å². The standard InChI is InChI=1S/C14H12O2S/c1-10-6-5-9-12(14(15)16)13(10)17-11-7-3-2-4-8-11/h2-9H,1H3,(H,15,16). The first-order valence-corrected chi connectivity index (χ1v) is 6.06. The molecule has 0 bridgehead atoms. The Bertz CT molecular complexity index is 535. The maximum atomic E-state index is 11.2. The van der Waals surface area contributed by atoms with Crippen molar-refractivity contribution in [2.75, 3.05) is 0 Å². The van der Waals surface area contributed by atoms with Crippen LogP contribution in [0.3, 0.4) is 0 Å². The SMILES string of the molecule is Cc1cccc(C(=O)O)c1Sc1ccccc1. The van der Waals surface area contributed by atoms with Crippen LogP contribution in [0.2, 0.25) is 0 Å². The maximum absolute atomic E-state index is 11.2. The van der Waals surface area contributed by atoms with Crippen molar-refractivity contribution in [3.05, 3.63) is 59.7 Å². The van der Waals surface area contributed by atoms with Crippen LogP contribution in [-0.2, 0) is 0 Å². The molecule has 3 heteroatoms. The van der Waals surface area contributed by atoms with E-state index in [0.717, 1.165) is 15.4 Å². The quantitative estimate of drug-likeness (QED) is 0.891. The lowest BCUT2D eigenvalue weighted by atomic mass is 10.1. The molecule has 86 valence electrons. The molecule has 0 aliphatic carbocycles. The van der Waals surface area contributed by atoms with Gasteiger partial charge in [-0.1, -0.05) is 42.1 Å². The largest absolute Gasteiger partial charge is 0.478 e. The number of rotatable bonds is 3. The summed E-state index contributed by atoms with van der Waals surface area (Å²) in [5.41, 5.74) is 1.35. The molecule has 0 radical (unpaired) electrons. The molecule has 0 aromatic heterocycles. The summed E-state index contributed by atoms with van der Waals surface area (Å²) in [7, 11) is 0. The summed E-state index contributed by atoms with van der Waals surface area (Å²) in [6, 6.07) is 15.1. The molecule has 1 N–H and O–H groups in total. The van der Waals surface area contributed by atoms with Crippen molar-refractivity contribution in [2.45, 2.75) is 16.7 Å². The van der Waals surface area contributed by atoms with E-state index in [1.807, 2.05) is 43.3 Å². The van der Waals surface area contributed by atoms with Gasteiger partial charge in [0.25, 0.3) is 0 Å². The van der Waals surface area contributed by atoms with Crippen LogP contribution in [-0.4, -0.2) is 11.1 Å². The van der Waals surface area contributed by atoms with Crippen molar-refractivity contribution in [3.8, 4) is 0 Å². The Balaban J connectivity index is 2.41. The van der Waals surface area contributed by atoms with Crippen LogP contribution in [0, 0.1) is 6.92 Å². The summed E-state index contributed by atoms with van der Waals surface area (Å²) >= 11 is 1.49. The van der Waals surface area contributed by atoms with E-state index in [9.17, 15) is 4.79 Å². The third kappa shape index (κ3) is 2.68. The highest BCUT2D eigenvalue weighted by Gasteiger charge is 2.12. The van der Waals surface area contributed by atoms with Gasteiger partial charge < -0.3 is 5.11 Å². The van der Waals surface area contributed by atoms with Gasteiger partial charge in [0.1, 0.15) is 0 Å². The summed E-state index contributed by atoms with van der Waals surface area (Å²) in [5.74, 6) is -0.882. The van der Waals surface area contributed by atoms with E-state index < -0.39 is 5.97 Å². The minimum atomic E-state index is -0.882. The average molecular weight is 244 g/mol. The minimum Gasteiger partial charge on any atom is -0.478 e. The molecular formula is C14H12O2S. The molecule has 2 rings (SSSR count). The molecule has 2 aromatic rings. The van der Waals surface area contributed by atoms with Crippen LogP contribution in [0.15, 0.2) is 58.3 Å². The van der Waals surface area contributed by atoms with Crippen LogP contribution in [0.25, 0.3) is 0 Å². The number of hydrogen-bond acceptors (Lipinski definition) is 2. The van der Waals surface area contributed by atoms with Crippen molar-refractivity contribution in [3.63, 3.8) is 0 Å². The lowest BCUT2D eigenvalue weighted by molar-refractivity contribution is 0.0693. The molecule has 0 amide bonds. The Morgan fingerprint density at radius 1 is 1.06 bits per heavy atom. The summed E-state index contributed by atoms with van der Waals surface area (Å²) in [6.07, 6.45) is 0. The highest BCUT2D eigenvalue weighted by molar-refractivity contribution is 7.99. The second-order valence-corrected chi connectivity index (χ2v) is 4.76. The molecule has 0 aliphatic rings. The number of carboxylic acids is 1. The van der Waals surface area contributed by atoms with Crippen molar-refractivity contribution in [1.29, 1.82) is 0 Å². The van der Waals surface area contributed by atoms with Gasteiger partial charge >= 0.3 is 5.97 Å². The first kappa shape index (κ1) is 11.7. The van der Waals surface area contributed by atoms with Crippen LogP contribution in [0.4, 0.5) is 0 Å². The maximum Gasteiger partial charge on any atom is 0.336 e. The second-order valence-electron chi connectivity index (χ2n) is 3.67. The van der Waals surface area contributed by atoms with Crippen molar-refractivity contribution in [2.24, 2.45) is 0 Å². The molecule has 2 aromatic carbocycles. The molecular weight excluding hydrogens is 232 g/mol. The monoisotopic (exact) mass is 244 g/mol. The first-order chi connectivity index (χ1) is 8.18. The number of aromatic carboxylic acids is 1. The number of hydrogen-bond donors (Lipinski definition) is 1. The second kappa shape index (κ2) is 5.06. The van der Waals surface area contributed by atoms with E-state index in [1.165, 1.54) is 11.8 Å². The van der Waals surface area contributed by atoms with Gasteiger partial charge in [0.15, 0.2) is 0 Å². The van der Waals surface area contributed by atoms with E-state index in [-0.39, 0.29) is 0 Å². The zero-order chi connectivity index (χ0) is 12.3. The molecule has 2 nitrogen and oxygen atoms in total. The van der Waals surface area contributed by atoms with Gasteiger partial charge in [-0.05, 0) is 30.7 Å². The van der Waals surface area contributed by atoms with Gasteiger partial charge in [-0.2, -0.15) is 0 Å². The Labute approximate surface area is 104 Å². The molecule has 0 unspecified atom stereocenters. The molecule has 0 spiro atoms. The normalized spacial score (nSPS) is 10.2. The molecule has 0 saturated carbocycles. The Kier molecular flexibility index (Phi) is 3.49. The topological polar surface area (TPSA) is 37.3 Å². The third-order valence-corrected chi connectivity index (χ3v) is 3.66. The Hall–Kier alpha value is -1.74. The van der Waals surface area contributed by atoms with Crippen LogP contribution >= 0.6 is 11.8 Å². The van der Waals surface area contributed by atoms with Crippen molar-refractivity contribution < 1.29 is 9.90 Å². The average Bonchev–Trinajstić information content (AvgIpc) is 2.33. The Morgan fingerprint density at radius 3 is 2.41 bits per heavy atom. The van der Waals surface area contributed by atoms with E-state index in [4.69, 9.17) is 5.11 Å². The van der Waals surface area contributed by atoms with Gasteiger partial charge in [-0.3, -0.25) is 0 Å². The summed E-state index contributed by atoms with van der Waals surface area (Å²) in [4.78, 5) is 13.0. The smallest absolute Gasteiger partial charge is 0.336 e. The predicted octanol–water partition coefficient (Wildman–Crippen LogP) is 3.84. The fourth-order valence-corrected chi connectivity index (χ4v) is 2.59. The summed E-state index contributed by atoms with van der Waals surface area (Å²) < 4.78 is 0. The molecule has 17 heavy (non-hydrogen) atoms. The third-order valence-electron chi connectivity index (χ3n) is 2.41. The lowest BCUT2D eigenvalue weighted by Crippen LogP contribution is -1.99. The Morgan fingerprint density at radius 2 is 1.76 bits per heavy atom. The highest BCUT2D eigenvalue weighted by Crippen LogP contribution is 2.32. The van der Waals surface area contributed by atoms with Gasteiger partial charge in [0, 0.05) is 9.79 Å². The van der Waals surface area contributed by atoms with Crippen LogP contribution < -0.4 is 0 Å². The van der Waals surface area contributed by atoms with Gasteiger partial charge in [0.05, 0.1) is 5.56 Å². The van der Waals surface area contributed by atoms with E-state index in [1.54, 1.807) is 12.1 Å². The lowest BCUT2D eigenvalue weighted by Gasteiger charge is -2.08. The fourth-order valence-electron chi connectivity index (χ4n) is 1.56. The predicted molar refractivity (Wildman–Crippen MR) is 68.7 cm³/mol. The fraction of sp³-hybridized carbons (Fsp3) is 0.0714. The summed E-state index contributed by atoms with van der Waals surface area (Å²) in [6.45, 7) is 1.93. The summed E-state index contributed by atoms with van der Waals surface area (Å²) in [5, 5.41) is 9.15. The van der Waals surface area contributed by atoms with Crippen molar-refractivity contribution >= 4 is 17.7 Å². The van der Waals surface area contributed by atoms with Crippen LogP contribution in [0.5, 0.6) is 0 Å². The van der Waals surface area contributed by atoms with E-state index >= 15 is 0 Å². The molecule has 0 aliphatic heterocycles. The molecule has 0 heterocycles. The molecule has 0 fully saturated rings. The number of carboxylic acid groups (broad SMARTS) is 1. The van der Waals surface area contributed by atoms with Crippen molar-refractivity contribution in [1.82, 2.24) is 0 Å².